The summed E-state index contributed by atoms with van der Waals surface area (Å²) in [6.45, 7) is 4.34. The molecule has 0 aromatic carbocycles. The lowest BCUT2D eigenvalue weighted by molar-refractivity contribution is -0.141. The van der Waals surface area contributed by atoms with Gasteiger partial charge in [-0.15, -0.1) is 0 Å². The Balaban J connectivity index is 2.07. The number of carbonyl (C=O) groups is 1. The molecule has 26 heavy (non-hydrogen) atoms. The van der Waals surface area contributed by atoms with Crippen LogP contribution in [0.15, 0.2) is 6.07 Å². The van der Waals surface area contributed by atoms with Gasteiger partial charge in [-0.3, -0.25) is 14.7 Å². The molecule has 142 valence electrons. The molecule has 0 atom stereocenters. The SMILES string of the molecule is Cc1cc2nc(NC(=O)CC(C)(C)O)n(C3CCC3)c2nc1C(F)(F)F. The second-order valence-corrected chi connectivity index (χ2v) is 7.42. The van der Waals surface area contributed by atoms with E-state index in [1.165, 1.54) is 26.8 Å². The predicted molar refractivity (Wildman–Crippen MR) is 89.7 cm³/mol. The van der Waals surface area contributed by atoms with E-state index in [2.05, 4.69) is 15.3 Å². The number of amides is 1. The fraction of sp³-hybridized carbons (Fsp3) is 0.588. The number of rotatable bonds is 4. The normalized spacial score (nSPS) is 16.0. The third kappa shape index (κ3) is 3.67. The molecule has 6 nitrogen and oxygen atoms in total. The minimum Gasteiger partial charge on any atom is -0.390 e. The van der Waals surface area contributed by atoms with Crippen LogP contribution in [-0.4, -0.2) is 31.1 Å². The lowest BCUT2D eigenvalue weighted by Gasteiger charge is -2.29. The molecule has 9 heteroatoms. The summed E-state index contributed by atoms with van der Waals surface area (Å²) in [4.78, 5) is 20.3. The topological polar surface area (TPSA) is 80.0 Å². The van der Waals surface area contributed by atoms with Gasteiger partial charge in [0.25, 0.3) is 0 Å². The maximum absolute atomic E-state index is 13.2. The molecule has 0 spiro atoms. The van der Waals surface area contributed by atoms with Crippen molar-refractivity contribution in [2.24, 2.45) is 0 Å². The van der Waals surface area contributed by atoms with Gasteiger partial charge < -0.3 is 5.11 Å². The van der Waals surface area contributed by atoms with E-state index in [0.717, 1.165) is 19.3 Å². The average molecular weight is 370 g/mol. The van der Waals surface area contributed by atoms with Gasteiger partial charge in [0.1, 0.15) is 11.2 Å². The molecule has 1 fully saturated rings. The lowest BCUT2D eigenvalue weighted by Crippen LogP contribution is -2.29. The van der Waals surface area contributed by atoms with Crippen LogP contribution in [0.3, 0.4) is 0 Å². The van der Waals surface area contributed by atoms with Gasteiger partial charge in [-0.1, -0.05) is 0 Å². The molecular formula is C17H21F3N4O2. The standard InChI is InChI=1S/C17H21F3N4O2/c1-9-7-11-14(23-13(9)17(18,19)20)24(10-5-4-6-10)15(21-11)22-12(25)8-16(2,3)26/h7,10,26H,4-6,8H2,1-3H3,(H,21,22,25). The molecule has 3 rings (SSSR count). The Labute approximate surface area is 148 Å². The molecule has 1 saturated carbocycles. The number of halogens is 3. The number of carbonyl (C=O) groups excluding carboxylic acids is 1. The van der Waals surface area contributed by atoms with Crippen LogP contribution in [0.4, 0.5) is 19.1 Å². The Kier molecular flexibility index (Phi) is 4.46. The van der Waals surface area contributed by atoms with E-state index >= 15 is 0 Å². The number of aromatic nitrogens is 3. The highest BCUT2D eigenvalue weighted by Crippen LogP contribution is 2.38. The highest BCUT2D eigenvalue weighted by molar-refractivity contribution is 5.91. The Hall–Kier alpha value is -2.16. The van der Waals surface area contributed by atoms with Crippen LogP contribution < -0.4 is 5.32 Å². The van der Waals surface area contributed by atoms with Crippen LogP contribution in [-0.2, 0) is 11.0 Å². The number of imidazole rings is 1. The minimum absolute atomic E-state index is 0.0161. The summed E-state index contributed by atoms with van der Waals surface area (Å²) in [5, 5.41) is 12.4. The number of pyridine rings is 1. The molecule has 1 aliphatic carbocycles. The number of anilines is 1. The van der Waals surface area contributed by atoms with Gasteiger partial charge in [-0.2, -0.15) is 13.2 Å². The van der Waals surface area contributed by atoms with Crippen LogP contribution in [0.2, 0.25) is 0 Å². The fourth-order valence-electron chi connectivity index (χ4n) is 3.04. The van der Waals surface area contributed by atoms with Crippen molar-refractivity contribution in [1.82, 2.24) is 14.5 Å². The first-order valence-electron chi connectivity index (χ1n) is 8.45. The van der Waals surface area contributed by atoms with Crippen molar-refractivity contribution in [2.45, 2.75) is 64.3 Å². The number of fused-ring (bicyclic) bond motifs is 1. The minimum atomic E-state index is -4.56. The second-order valence-electron chi connectivity index (χ2n) is 7.42. The van der Waals surface area contributed by atoms with Gasteiger partial charge in [0, 0.05) is 6.04 Å². The summed E-state index contributed by atoms with van der Waals surface area (Å²) in [6, 6.07) is 1.29. The zero-order chi connectivity index (χ0) is 19.3. The van der Waals surface area contributed by atoms with E-state index in [0.29, 0.717) is 5.52 Å². The highest BCUT2D eigenvalue weighted by atomic mass is 19.4. The number of alkyl halides is 3. The molecule has 2 N–H and O–H groups in total. The third-order valence-corrected chi connectivity index (χ3v) is 4.41. The predicted octanol–water partition coefficient (Wildman–Crippen LogP) is 3.58. The molecular weight excluding hydrogens is 349 g/mol. The van der Waals surface area contributed by atoms with E-state index < -0.39 is 23.4 Å². The van der Waals surface area contributed by atoms with E-state index in [9.17, 15) is 23.1 Å². The van der Waals surface area contributed by atoms with Gasteiger partial charge in [-0.25, -0.2) is 9.97 Å². The molecule has 0 unspecified atom stereocenters. The number of aryl methyl sites for hydroxylation is 1. The monoisotopic (exact) mass is 370 g/mol. The van der Waals surface area contributed by atoms with Gasteiger partial charge in [0.15, 0.2) is 5.65 Å². The molecule has 2 heterocycles. The second kappa shape index (κ2) is 6.22. The molecule has 1 aliphatic rings. The van der Waals surface area contributed by atoms with Crippen molar-refractivity contribution in [3.05, 3.63) is 17.3 Å². The van der Waals surface area contributed by atoms with Crippen molar-refractivity contribution in [3.8, 4) is 0 Å². The maximum Gasteiger partial charge on any atom is 0.433 e. The smallest absolute Gasteiger partial charge is 0.390 e. The van der Waals surface area contributed by atoms with Crippen LogP contribution in [0.1, 0.15) is 56.8 Å². The van der Waals surface area contributed by atoms with Crippen LogP contribution >= 0.6 is 0 Å². The molecule has 2 aromatic rings. The summed E-state index contributed by atoms with van der Waals surface area (Å²) in [7, 11) is 0. The zero-order valence-electron chi connectivity index (χ0n) is 14.8. The van der Waals surface area contributed by atoms with E-state index in [-0.39, 0.29) is 29.6 Å². The zero-order valence-corrected chi connectivity index (χ0v) is 14.8. The quantitative estimate of drug-likeness (QED) is 0.862. The molecule has 0 saturated heterocycles. The maximum atomic E-state index is 13.2. The summed E-state index contributed by atoms with van der Waals surface area (Å²) < 4.78 is 41.2. The average Bonchev–Trinajstić information content (AvgIpc) is 2.70. The summed E-state index contributed by atoms with van der Waals surface area (Å²) in [5.74, 6) is -0.286. The van der Waals surface area contributed by atoms with Crippen LogP contribution in [0, 0.1) is 6.92 Å². The lowest BCUT2D eigenvalue weighted by atomic mass is 9.93. The summed E-state index contributed by atoms with van der Waals surface area (Å²) >= 11 is 0. The number of nitrogens with zero attached hydrogens (tertiary/aromatic N) is 3. The van der Waals surface area contributed by atoms with Gasteiger partial charge >= 0.3 is 6.18 Å². The van der Waals surface area contributed by atoms with E-state index in [4.69, 9.17) is 0 Å². The van der Waals surface area contributed by atoms with Crippen LogP contribution in [0.25, 0.3) is 11.2 Å². The van der Waals surface area contributed by atoms with E-state index in [1.807, 2.05) is 0 Å². The van der Waals surface area contributed by atoms with E-state index in [1.54, 1.807) is 4.57 Å². The highest BCUT2D eigenvalue weighted by Gasteiger charge is 2.36. The Morgan fingerprint density at radius 3 is 2.50 bits per heavy atom. The summed E-state index contributed by atoms with van der Waals surface area (Å²) in [6.07, 6.45) is -2.18. The molecule has 0 aliphatic heterocycles. The number of nitrogens with one attached hydrogen (secondary N) is 1. The molecule has 1 amide bonds. The molecule has 0 radical (unpaired) electrons. The Bertz CT molecular complexity index is 848. The van der Waals surface area contributed by atoms with Crippen molar-refractivity contribution in [1.29, 1.82) is 0 Å². The van der Waals surface area contributed by atoms with Crippen LogP contribution in [0.5, 0.6) is 0 Å². The van der Waals surface area contributed by atoms with Crippen molar-refractivity contribution >= 4 is 23.0 Å². The largest absolute Gasteiger partial charge is 0.433 e. The first-order valence-corrected chi connectivity index (χ1v) is 8.45. The van der Waals surface area contributed by atoms with Gasteiger partial charge in [0.2, 0.25) is 11.9 Å². The number of aliphatic hydroxyl groups is 1. The first kappa shape index (κ1) is 18.6. The number of hydrogen-bond acceptors (Lipinski definition) is 4. The summed E-state index contributed by atoms with van der Waals surface area (Å²) in [5.41, 5.74) is -1.74. The molecule has 2 aromatic heterocycles. The first-order chi connectivity index (χ1) is 12.0. The Morgan fingerprint density at radius 2 is 2.00 bits per heavy atom. The Morgan fingerprint density at radius 1 is 1.35 bits per heavy atom. The van der Waals surface area contributed by atoms with Crippen molar-refractivity contribution in [3.63, 3.8) is 0 Å². The van der Waals surface area contributed by atoms with Gasteiger partial charge in [0.05, 0.1) is 12.0 Å². The molecule has 0 bridgehead atoms. The van der Waals surface area contributed by atoms with Crippen molar-refractivity contribution < 1.29 is 23.1 Å². The van der Waals surface area contributed by atoms with Gasteiger partial charge in [-0.05, 0) is 51.7 Å². The fourth-order valence-corrected chi connectivity index (χ4v) is 3.04. The number of hydrogen-bond donors (Lipinski definition) is 2. The third-order valence-electron chi connectivity index (χ3n) is 4.41. The van der Waals surface area contributed by atoms with Crippen molar-refractivity contribution in [2.75, 3.05) is 5.32 Å².